The zero-order chi connectivity index (χ0) is 13.6. The van der Waals surface area contributed by atoms with Gasteiger partial charge in [0.15, 0.2) is 0 Å². The van der Waals surface area contributed by atoms with E-state index in [0.29, 0.717) is 6.54 Å². The first-order chi connectivity index (χ1) is 8.46. The fourth-order valence-electron chi connectivity index (χ4n) is 1.46. The lowest BCUT2D eigenvalue weighted by Gasteiger charge is -2.22. The Morgan fingerprint density at radius 2 is 2.00 bits per heavy atom. The van der Waals surface area contributed by atoms with Crippen molar-refractivity contribution in [2.75, 3.05) is 20.3 Å². The monoisotopic (exact) mass is 253 g/mol. The average Bonchev–Trinajstić information content (AvgIpc) is 2.33. The number of ether oxygens (including phenoxy) is 2. The summed E-state index contributed by atoms with van der Waals surface area (Å²) in [6.45, 7) is 7.35. The Hall–Kier alpha value is -1.26. The van der Waals surface area contributed by atoms with E-state index in [9.17, 15) is 0 Å². The Labute approximate surface area is 109 Å². The molecule has 2 N–H and O–H groups in total. The minimum Gasteiger partial charge on any atom is -0.497 e. The molecule has 4 nitrogen and oxygen atoms in total. The molecule has 0 bridgehead atoms. The zero-order valence-corrected chi connectivity index (χ0v) is 11.6. The van der Waals surface area contributed by atoms with Crippen LogP contribution in [0, 0.1) is 0 Å². The van der Waals surface area contributed by atoms with Gasteiger partial charge in [-0.15, -0.1) is 0 Å². The van der Waals surface area contributed by atoms with Gasteiger partial charge in [0.05, 0.1) is 13.7 Å². The normalized spacial score (nSPS) is 11.4. The van der Waals surface area contributed by atoms with E-state index in [1.165, 1.54) is 0 Å². The molecule has 0 unspecified atom stereocenters. The van der Waals surface area contributed by atoms with Gasteiger partial charge < -0.3 is 19.9 Å². The molecule has 0 radical (unpaired) electrons. The predicted molar refractivity (Wildman–Crippen MR) is 72.2 cm³/mol. The Kier molecular flexibility index (Phi) is 5.44. The molecule has 1 aromatic rings. The number of nitrogens with one attached hydrogen (secondary N) is 1. The molecule has 0 amide bonds. The van der Waals surface area contributed by atoms with E-state index >= 15 is 0 Å². The van der Waals surface area contributed by atoms with E-state index in [2.05, 4.69) is 26.1 Å². The quantitative estimate of drug-likeness (QED) is 0.813. The molecule has 1 aromatic carbocycles. The van der Waals surface area contributed by atoms with Crippen LogP contribution in [0.25, 0.3) is 0 Å². The predicted octanol–water partition coefficient (Wildman–Crippen LogP) is 1.95. The molecule has 0 saturated carbocycles. The largest absolute Gasteiger partial charge is 0.497 e. The van der Waals surface area contributed by atoms with Crippen LogP contribution in [0.15, 0.2) is 18.2 Å². The van der Waals surface area contributed by atoms with Crippen LogP contribution in [0.5, 0.6) is 11.5 Å². The molecule has 0 aliphatic rings. The van der Waals surface area contributed by atoms with Gasteiger partial charge in [-0.05, 0) is 26.8 Å². The summed E-state index contributed by atoms with van der Waals surface area (Å²) in [7, 11) is 1.62. The third-order valence-corrected chi connectivity index (χ3v) is 2.43. The van der Waals surface area contributed by atoms with Crippen molar-refractivity contribution in [1.29, 1.82) is 0 Å². The molecule has 0 aliphatic heterocycles. The number of methoxy groups -OCH3 is 1. The van der Waals surface area contributed by atoms with Gasteiger partial charge in [-0.3, -0.25) is 0 Å². The van der Waals surface area contributed by atoms with Crippen molar-refractivity contribution in [3.05, 3.63) is 23.8 Å². The first-order valence-corrected chi connectivity index (χ1v) is 6.12. The number of hydrogen-bond acceptors (Lipinski definition) is 4. The zero-order valence-electron chi connectivity index (χ0n) is 11.6. The van der Waals surface area contributed by atoms with Gasteiger partial charge in [0, 0.05) is 23.7 Å². The lowest BCUT2D eigenvalue weighted by atomic mass is 10.1. The topological polar surface area (TPSA) is 50.7 Å². The third-order valence-electron chi connectivity index (χ3n) is 2.43. The molecule has 0 aliphatic carbocycles. The summed E-state index contributed by atoms with van der Waals surface area (Å²) in [6, 6.07) is 5.73. The van der Waals surface area contributed by atoms with Crippen LogP contribution in [-0.4, -0.2) is 31.0 Å². The Balaban J connectivity index is 2.81. The fraction of sp³-hybridized carbons (Fsp3) is 0.571. The van der Waals surface area contributed by atoms with E-state index in [1.807, 2.05) is 18.2 Å². The molecule has 102 valence electrons. The summed E-state index contributed by atoms with van der Waals surface area (Å²) < 4.78 is 10.7. The molecule has 1 rings (SSSR count). The SMILES string of the molecule is COc1ccc(CNC(C)(C)C)c(OCCO)c1. The maximum atomic E-state index is 8.83. The first-order valence-electron chi connectivity index (χ1n) is 6.12. The molecule has 18 heavy (non-hydrogen) atoms. The van der Waals surface area contributed by atoms with Crippen LogP contribution in [0.2, 0.25) is 0 Å². The second kappa shape index (κ2) is 6.61. The van der Waals surface area contributed by atoms with E-state index in [-0.39, 0.29) is 18.8 Å². The molecule has 0 spiro atoms. The summed E-state index contributed by atoms with van der Waals surface area (Å²) >= 11 is 0. The lowest BCUT2D eigenvalue weighted by Crippen LogP contribution is -2.35. The standard InChI is InChI=1S/C14H23NO3/c1-14(2,3)15-10-11-5-6-12(17-4)9-13(11)18-8-7-16/h5-6,9,15-16H,7-8,10H2,1-4H3. The van der Waals surface area contributed by atoms with Crippen molar-refractivity contribution < 1.29 is 14.6 Å². The van der Waals surface area contributed by atoms with Crippen molar-refractivity contribution >= 4 is 0 Å². The van der Waals surface area contributed by atoms with Crippen molar-refractivity contribution in [3.8, 4) is 11.5 Å². The highest BCUT2D eigenvalue weighted by Crippen LogP contribution is 2.25. The molecular weight excluding hydrogens is 230 g/mol. The molecule has 0 fully saturated rings. The number of benzene rings is 1. The summed E-state index contributed by atoms with van der Waals surface area (Å²) in [5, 5.41) is 12.2. The van der Waals surface area contributed by atoms with Gasteiger partial charge in [0.25, 0.3) is 0 Å². The summed E-state index contributed by atoms with van der Waals surface area (Å²) in [6.07, 6.45) is 0. The van der Waals surface area contributed by atoms with Gasteiger partial charge in [-0.25, -0.2) is 0 Å². The minimum absolute atomic E-state index is 0.00332. The average molecular weight is 253 g/mol. The van der Waals surface area contributed by atoms with Crippen molar-refractivity contribution in [2.24, 2.45) is 0 Å². The molecule has 0 heterocycles. The lowest BCUT2D eigenvalue weighted by molar-refractivity contribution is 0.199. The molecule has 0 atom stereocenters. The summed E-state index contributed by atoms with van der Waals surface area (Å²) in [4.78, 5) is 0. The molecular formula is C14H23NO3. The summed E-state index contributed by atoms with van der Waals surface area (Å²) in [5.74, 6) is 1.50. The van der Waals surface area contributed by atoms with Gasteiger partial charge in [-0.2, -0.15) is 0 Å². The number of rotatable bonds is 6. The van der Waals surface area contributed by atoms with E-state index in [4.69, 9.17) is 14.6 Å². The van der Waals surface area contributed by atoms with E-state index in [1.54, 1.807) is 7.11 Å². The van der Waals surface area contributed by atoms with Gasteiger partial charge >= 0.3 is 0 Å². The first kappa shape index (κ1) is 14.8. The van der Waals surface area contributed by atoms with Crippen LogP contribution in [-0.2, 0) is 6.54 Å². The van der Waals surface area contributed by atoms with Crippen LogP contribution >= 0.6 is 0 Å². The highest BCUT2D eigenvalue weighted by atomic mass is 16.5. The van der Waals surface area contributed by atoms with Gasteiger partial charge in [0.2, 0.25) is 0 Å². The van der Waals surface area contributed by atoms with Crippen LogP contribution in [0.1, 0.15) is 26.3 Å². The molecule has 0 aromatic heterocycles. The van der Waals surface area contributed by atoms with Crippen molar-refractivity contribution in [3.63, 3.8) is 0 Å². The number of hydrogen-bond donors (Lipinski definition) is 2. The van der Waals surface area contributed by atoms with E-state index in [0.717, 1.165) is 17.1 Å². The summed E-state index contributed by atoms with van der Waals surface area (Å²) in [5.41, 5.74) is 1.10. The third kappa shape index (κ3) is 4.94. The van der Waals surface area contributed by atoms with Crippen LogP contribution < -0.4 is 14.8 Å². The minimum atomic E-state index is 0.00332. The Bertz CT molecular complexity index is 372. The second-order valence-electron chi connectivity index (χ2n) is 5.15. The second-order valence-corrected chi connectivity index (χ2v) is 5.15. The van der Waals surface area contributed by atoms with Gasteiger partial charge in [0.1, 0.15) is 18.1 Å². The maximum absolute atomic E-state index is 8.83. The van der Waals surface area contributed by atoms with Crippen LogP contribution in [0.3, 0.4) is 0 Å². The highest BCUT2D eigenvalue weighted by molar-refractivity contribution is 5.40. The van der Waals surface area contributed by atoms with E-state index < -0.39 is 0 Å². The Morgan fingerprint density at radius 3 is 2.56 bits per heavy atom. The molecule has 4 heteroatoms. The fourth-order valence-corrected chi connectivity index (χ4v) is 1.46. The number of aliphatic hydroxyl groups is 1. The Morgan fingerprint density at radius 1 is 1.28 bits per heavy atom. The van der Waals surface area contributed by atoms with Crippen molar-refractivity contribution in [2.45, 2.75) is 32.9 Å². The highest BCUT2D eigenvalue weighted by Gasteiger charge is 2.11. The number of aliphatic hydroxyl groups excluding tert-OH is 1. The smallest absolute Gasteiger partial charge is 0.127 e. The van der Waals surface area contributed by atoms with Gasteiger partial charge in [-0.1, -0.05) is 6.07 Å². The van der Waals surface area contributed by atoms with Crippen molar-refractivity contribution in [1.82, 2.24) is 5.32 Å². The molecule has 0 saturated heterocycles. The van der Waals surface area contributed by atoms with Crippen LogP contribution in [0.4, 0.5) is 0 Å². The maximum Gasteiger partial charge on any atom is 0.127 e.